The third-order valence-electron chi connectivity index (χ3n) is 5.15. The average molecular weight is 569 g/mol. The number of anilines is 1. The van der Waals surface area contributed by atoms with Gasteiger partial charge in [-0.2, -0.15) is 5.26 Å². The van der Waals surface area contributed by atoms with Crippen molar-refractivity contribution in [2.75, 3.05) is 24.8 Å². The summed E-state index contributed by atoms with van der Waals surface area (Å²) in [4.78, 5) is 38.1. The number of nitriles is 1. The van der Waals surface area contributed by atoms with Gasteiger partial charge in [0.25, 0.3) is 0 Å². The Morgan fingerprint density at radius 3 is 2.42 bits per heavy atom. The van der Waals surface area contributed by atoms with Crippen molar-refractivity contribution < 1.29 is 23.9 Å². The molecule has 2 aromatic rings. The molecule has 8 nitrogen and oxygen atoms in total. The molecule has 0 unspecified atom stereocenters. The first-order valence-electron chi connectivity index (χ1n) is 10.5. The fourth-order valence-electron chi connectivity index (χ4n) is 3.61. The van der Waals surface area contributed by atoms with Crippen molar-refractivity contribution >= 4 is 70.0 Å². The number of benzene rings is 2. The quantitative estimate of drug-likeness (QED) is 0.334. The Kier molecular flexibility index (Phi) is 9.51. The maximum atomic E-state index is 13.0. The smallest absolute Gasteiger partial charge is 0.319 e. The number of carbonyl (C=O) groups excluding carboxylic acids is 3. The second-order valence-corrected chi connectivity index (χ2v) is 9.59. The summed E-state index contributed by atoms with van der Waals surface area (Å²) in [5, 5.41) is 16.1. The van der Waals surface area contributed by atoms with Gasteiger partial charge in [-0.1, -0.05) is 58.7 Å². The van der Waals surface area contributed by atoms with Crippen LogP contribution in [0, 0.1) is 17.2 Å². The van der Waals surface area contributed by atoms with E-state index >= 15 is 0 Å². The molecule has 0 saturated carbocycles. The number of rotatable bonds is 8. The molecule has 0 aliphatic carbocycles. The largest absolute Gasteiger partial charge is 0.491 e. The molecule has 0 spiro atoms. The van der Waals surface area contributed by atoms with Crippen LogP contribution in [0.5, 0.6) is 5.75 Å². The van der Waals surface area contributed by atoms with Crippen LogP contribution in [0.25, 0.3) is 0 Å². The number of para-hydroxylation sites is 1. The molecular weight excluding hydrogens is 549 g/mol. The third kappa shape index (κ3) is 6.08. The zero-order valence-corrected chi connectivity index (χ0v) is 22.1. The van der Waals surface area contributed by atoms with E-state index in [1.54, 1.807) is 31.2 Å². The Morgan fingerprint density at radius 1 is 1.17 bits per heavy atom. The molecule has 1 aliphatic rings. The van der Waals surface area contributed by atoms with Crippen LogP contribution in [0.3, 0.4) is 0 Å². The Morgan fingerprint density at radius 2 is 1.83 bits per heavy atom. The molecule has 0 saturated heterocycles. The van der Waals surface area contributed by atoms with Gasteiger partial charge < -0.3 is 20.1 Å². The number of methoxy groups -OCH3 is 1. The molecular formula is C24H20Cl3N3O5S. The van der Waals surface area contributed by atoms with E-state index in [9.17, 15) is 19.6 Å². The number of allylic oxidation sites excluding steroid dienone is 1. The highest BCUT2D eigenvalue weighted by atomic mass is 35.5. The van der Waals surface area contributed by atoms with Gasteiger partial charge >= 0.3 is 5.97 Å². The highest BCUT2D eigenvalue weighted by Gasteiger charge is 2.44. The molecule has 188 valence electrons. The molecule has 0 bridgehead atoms. The Hall–Kier alpha value is -2.90. The van der Waals surface area contributed by atoms with Crippen molar-refractivity contribution in [1.82, 2.24) is 5.32 Å². The second-order valence-electron chi connectivity index (χ2n) is 7.39. The van der Waals surface area contributed by atoms with E-state index in [-0.39, 0.29) is 32.1 Å². The number of esters is 1. The van der Waals surface area contributed by atoms with E-state index in [4.69, 9.17) is 44.3 Å². The number of nitrogens with zero attached hydrogens (tertiary/aromatic N) is 1. The van der Waals surface area contributed by atoms with E-state index in [1.165, 1.54) is 12.1 Å². The maximum absolute atomic E-state index is 13.0. The van der Waals surface area contributed by atoms with Gasteiger partial charge in [-0.05, 0) is 36.8 Å². The van der Waals surface area contributed by atoms with Crippen molar-refractivity contribution in [3.8, 4) is 11.8 Å². The van der Waals surface area contributed by atoms with E-state index in [1.807, 2.05) is 0 Å². The molecule has 1 aliphatic heterocycles. The third-order valence-corrected chi connectivity index (χ3v) is 7.06. The number of amides is 2. The Labute approximate surface area is 226 Å². The number of nitrogens with one attached hydrogen (secondary N) is 2. The van der Waals surface area contributed by atoms with E-state index in [0.29, 0.717) is 22.9 Å². The van der Waals surface area contributed by atoms with Crippen LogP contribution in [0.2, 0.25) is 15.1 Å². The van der Waals surface area contributed by atoms with Crippen LogP contribution in [0.1, 0.15) is 18.4 Å². The summed E-state index contributed by atoms with van der Waals surface area (Å²) < 4.78 is 10.3. The zero-order valence-electron chi connectivity index (χ0n) is 19.1. The van der Waals surface area contributed by atoms with Gasteiger partial charge in [-0.25, -0.2) is 0 Å². The monoisotopic (exact) mass is 567 g/mol. The van der Waals surface area contributed by atoms with Crippen LogP contribution in [-0.2, 0) is 19.1 Å². The van der Waals surface area contributed by atoms with Crippen LogP contribution >= 0.6 is 46.6 Å². The number of carbonyl (C=O) groups is 3. The van der Waals surface area contributed by atoms with E-state index in [2.05, 4.69) is 16.7 Å². The maximum Gasteiger partial charge on any atom is 0.319 e. The van der Waals surface area contributed by atoms with Gasteiger partial charge in [-0.3, -0.25) is 14.4 Å². The van der Waals surface area contributed by atoms with Crippen LogP contribution in [0.4, 0.5) is 5.69 Å². The SMILES string of the molecule is CCOc1c(Cl)cc([C@@H]2C(C#N)=C(SCC(=O)Nc3ccccc3Cl)NC(=O)[C@@H]2C(=O)OC)cc1Cl. The van der Waals surface area contributed by atoms with Crippen molar-refractivity contribution in [3.63, 3.8) is 0 Å². The standard InChI is InChI=1S/C24H20Cl3N3O5S/c1-3-35-21-15(26)8-12(9-16(21)27)19-13(10-28)23(30-22(32)20(19)24(33)34-2)36-11-18(31)29-17-7-5-4-6-14(17)25/h4-9,19-20H,3,11H2,1-2H3,(H,29,31)(H,30,32)/t19-,20-/m1/s1. The minimum atomic E-state index is -1.38. The van der Waals surface area contributed by atoms with Crippen LogP contribution < -0.4 is 15.4 Å². The first-order valence-corrected chi connectivity index (χ1v) is 12.7. The van der Waals surface area contributed by atoms with Gasteiger partial charge in [0.05, 0.1) is 56.9 Å². The zero-order chi connectivity index (χ0) is 26.4. The fraction of sp³-hybridized carbons (Fsp3) is 0.250. The first kappa shape index (κ1) is 27.7. The number of thioether (sulfide) groups is 1. The molecule has 0 fully saturated rings. The number of hydrogen-bond donors (Lipinski definition) is 2. The highest BCUT2D eigenvalue weighted by Crippen LogP contribution is 2.44. The highest BCUT2D eigenvalue weighted by molar-refractivity contribution is 8.03. The minimum absolute atomic E-state index is 0.0526. The Balaban J connectivity index is 1.98. The Bertz CT molecular complexity index is 1250. The normalized spacial score (nSPS) is 17.2. The average Bonchev–Trinajstić information content (AvgIpc) is 2.85. The van der Waals surface area contributed by atoms with Crippen LogP contribution in [-0.4, -0.2) is 37.3 Å². The van der Waals surface area contributed by atoms with Gasteiger partial charge in [-0.15, -0.1) is 0 Å². The second kappa shape index (κ2) is 12.4. The molecule has 2 amide bonds. The van der Waals surface area contributed by atoms with Crippen molar-refractivity contribution in [3.05, 3.63) is 67.6 Å². The topological polar surface area (TPSA) is 118 Å². The number of ether oxygens (including phenoxy) is 2. The summed E-state index contributed by atoms with van der Waals surface area (Å²) in [7, 11) is 1.14. The molecule has 0 aromatic heterocycles. The first-order chi connectivity index (χ1) is 17.2. The summed E-state index contributed by atoms with van der Waals surface area (Å²) in [5.41, 5.74) is 0.819. The molecule has 36 heavy (non-hydrogen) atoms. The molecule has 2 N–H and O–H groups in total. The number of halogens is 3. The van der Waals surface area contributed by atoms with Gasteiger partial charge in [0, 0.05) is 5.92 Å². The van der Waals surface area contributed by atoms with E-state index < -0.39 is 29.6 Å². The fourth-order valence-corrected chi connectivity index (χ4v) is 5.25. The van der Waals surface area contributed by atoms with Gasteiger partial charge in [0.2, 0.25) is 11.8 Å². The summed E-state index contributed by atoms with van der Waals surface area (Å²) in [6.07, 6.45) is 0. The summed E-state index contributed by atoms with van der Waals surface area (Å²) in [5.74, 6) is -4.29. The molecule has 12 heteroatoms. The van der Waals surface area contributed by atoms with Crippen molar-refractivity contribution in [2.45, 2.75) is 12.8 Å². The lowest BCUT2D eigenvalue weighted by Gasteiger charge is -2.31. The minimum Gasteiger partial charge on any atom is -0.491 e. The summed E-state index contributed by atoms with van der Waals surface area (Å²) in [6.45, 7) is 2.08. The van der Waals surface area contributed by atoms with Gasteiger partial charge in [0.1, 0.15) is 5.92 Å². The lowest BCUT2D eigenvalue weighted by atomic mass is 9.78. The van der Waals surface area contributed by atoms with E-state index in [0.717, 1.165) is 18.9 Å². The molecule has 2 aromatic carbocycles. The molecule has 0 radical (unpaired) electrons. The van der Waals surface area contributed by atoms with Crippen molar-refractivity contribution in [2.24, 2.45) is 5.92 Å². The predicted octanol–water partition coefficient (Wildman–Crippen LogP) is 5.16. The van der Waals surface area contributed by atoms with Crippen LogP contribution in [0.15, 0.2) is 47.0 Å². The van der Waals surface area contributed by atoms with Gasteiger partial charge in [0.15, 0.2) is 5.75 Å². The molecule has 2 atom stereocenters. The molecule has 1 heterocycles. The lowest BCUT2D eigenvalue weighted by Crippen LogP contribution is -2.44. The summed E-state index contributed by atoms with van der Waals surface area (Å²) in [6, 6.07) is 11.8. The van der Waals surface area contributed by atoms with Crippen molar-refractivity contribution in [1.29, 1.82) is 5.26 Å². The molecule has 3 rings (SSSR count). The summed E-state index contributed by atoms with van der Waals surface area (Å²) >= 11 is 19.7. The predicted molar refractivity (Wildman–Crippen MR) is 139 cm³/mol. The number of hydrogen-bond acceptors (Lipinski definition) is 7. The lowest BCUT2D eigenvalue weighted by molar-refractivity contribution is -0.150.